The molecule has 1 aliphatic heterocycles. The molecule has 1 aromatic carbocycles. The van der Waals surface area contributed by atoms with Gasteiger partial charge in [-0.05, 0) is 56.6 Å². The zero-order valence-corrected chi connectivity index (χ0v) is 18.2. The smallest absolute Gasteiger partial charge is 0.240 e. The Hall–Kier alpha value is -1.35. The van der Waals surface area contributed by atoms with Crippen molar-refractivity contribution in [3.05, 3.63) is 18.2 Å². The number of sulfonamides is 1. The second-order valence-corrected chi connectivity index (χ2v) is 10.5. The van der Waals surface area contributed by atoms with Crippen LogP contribution in [-0.2, 0) is 10.0 Å². The first-order chi connectivity index (χ1) is 13.9. The van der Waals surface area contributed by atoms with Crippen LogP contribution in [0.4, 0.5) is 5.69 Å². The van der Waals surface area contributed by atoms with Gasteiger partial charge in [0.15, 0.2) is 0 Å². The Morgan fingerprint density at radius 3 is 2.38 bits per heavy atom. The summed E-state index contributed by atoms with van der Waals surface area (Å²) in [4.78, 5) is 5.45. The second kappa shape index (κ2) is 8.79. The molecular formula is C21H34N4O3S. The Labute approximate surface area is 174 Å². The van der Waals surface area contributed by atoms with Crippen molar-refractivity contribution in [3.63, 3.8) is 0 Å². The zero-order chi connectivity index (χ0) is 20.4. The number of methoxy groups -OCH3 is 1. The predicted octanol–water partition coefficient (Wildman–Crippen LogP) is 1.89. The van der Waals surface area contributed by atoms with Crippen molar-refractivity contribution in [1.29, 1.82) is 0 Å². The van der Waals surface area contributed by atoms with Crippen LogP contribution in [0.25, 0.3) is 0 Å². The van der Waals surface area contributed by atoms with Gasteiger partial charge in [0.05, 0.1) is 17.7 Å². The van der Waals surface area contributed by atoms with Gasteiger partial charge in [-0.1, -0.05) is 0 Å². The lowest BCUT2D eigenvalue weighted by molar-refractivity contribution is 0.0734. The lowest BCUT2D eigenvalue weighted by Gasteiger charge is -2.42. The Morgan fingerprint density at radius 1 is 1.07 bits per heavy atom. The third kappa shape index (κ3) is 5.23. The van der Waals surface area contributed by atoms with Crippen LogP contribution in [0.3, 0.4) is 0 Å². The summed E-state index contributed by atoms with van der Waals surface area (Å²) in [5.74, 6) is 1.35. The van der Waals surface area contributed by atoms with Gasteiger partial charge in [0.2, 0.25) is 10.0 Å². The van der Waals surface area contributed by atoms with E-state index in [2.05, 4.69) is 14.5 Å². The average Bonchev–Trinajstić information content (AvgIpc) is 3.53. The highest BCUT2D eigenvalue weighted by atomic mass is 32.2. The highest BCUT2D eigenvalue weighted by Gasteiger charge is 2.32. The number of nitrogens with two attached hydrogens (primary N) is 1. The molecule has 0 bridgehead atoms. The maximum absolute atomic E-state index is 12.8. The minimum Gasteiger partial charge on any atom is -0.495 e. The van der Waals surface area contributed by atoms with Crippen molar-refractivity contribution in [1.82, 2.24) is 14.5 Å². The van der Waals surface area contributed by atoms with Crippen molar-refractivity contribution < 1.29 is 13.2 Å². The van der Waals surface area contributed by atoms with Crippen molar-refractivity contribution >= 4 is 15.7 Å². The molecule has 1 aromatic rings. The number of hydrogen-bond donors (Lipinski definition) is 2. The lowest BCUT2D eigenvalue weighted by Crippen LogP contribution is -2.52. The number of nitrogen functional groups attached to an aromatic ring is 1. The zero-order valence-electron chi connectivity index (χ0n) is 17.3. The standard InChI is InChI=1S/C21H34N4O3S/c1-28-21-14-19(8-9-20(21)22)29(26,27)23-17-4-6-18(7-5-17)25-12-10-24(11-13-25)15-16-2-3-16/h8-9,14,16-18,23H,2-7,10-13,15,22H2,1H3/t17-,18-. The molecule has 3 N–H and O–H groups in total. The highest BCUT2D eigenvalue weighted by Crippen LogP contribution is 2.31. The van der Waals surface area contributed by atoms with E-state index in [9.17, 15) is 8.42 Å². The summed E-state index contributed by atoms with van der Waals surface area (Å²) in [6.45, 7) is 5.96. The van der Waals surface area contributed by atoms with Crippen LogP contribution >= 0.6 is 0 Å². The molecular weight excluding hydrogens is 388 g/mol. The number of nitrogens with zero attached hydrogens (tertiary/aromatic N) is 2. The fourth-order valence-electron chi connectivity index (χ4n) is 4.68. The molecule has 0 radical (unpaired) electrons. The average molecular weight is 423 g/mol. The molecule has 2 saturated carbocycles. The van der Waals surface area contributed by atoms with E-state index < -0.39 is 10.0 Å². The van der Waals surface area contributed by atoms with Crippen molar-refractivity contribution in [3.8, 4) is 5.75 Å². The van der Waals surface area contributed by atoms with Crippen LogP contribution in [0.1, 0.15) is 38.5 Å². The molecule has 3 fully saturated rings. The van der Waals surface area contributed by atoms with E-state index in [0.29, 0.717) is 17.5 Å². The maximum Gasteiger partial charge on any atom is 0.240 e. The number of anilines is 1. The van der Waals surface area contributed by atoms with Crippen molar-refractivity contribution in [2.24, 2.45) is 5.92 Å². The number of rotatable bonds is 7. The van der Waals surface area contributed by atoms with Crippen LogP contribution < -0.4 is 15.2 Å². The number of ether oxygens (including phenoxy) is 1. The van der Waals surface area contributed by atoms with Gasteiger partial charge in [0.1, 0.15) is 5.75 Å². The molecule has 0 unspecified atom stereocenters. The van der Waals surface area contributed by atoms with E-state index in [4.69, 9.17) is 10.5 Å². The number of benzene rings is 1. The van der Waals surface area contributed by atoms with Crippen LogP contribution in [-0.4, -0.2) is 70.1 Å². The van der Waals surface area contributed by atoms with E-state index in [1.807, 2.05) is 0 Å². The molecule has 29 heavy (non-hydrogen) atoms. The Balaban J connectivity index is 1.26. The normalized spacial score (nSPS) is 27.1. The molecule has 4 rings (SSSR count). The van der Waals surface area contributed by atoms with Crippen LogP contribution in [0.2, 0.25) is 0 Å². The van der Waals surface area contributed by atoms with Gasteiger partial charge in [0.25, 0.3) is 0 Å². The minimum absolute atomic E-state index is 0.00375. The van der Waals surface area contributed by atoms with Gasteiger partial charge in [-0.3, -0.25) is 4.90 Å². The number of nitrogens with one attached hydrogen (secondary N) is 1. The van der Waals surface area contributed by atoms with E-state index >= 15 is 0 Å². The summed E-state index contributed by atoms with van der Waals surface area (Å²) in [6, 6.07) is 5.19. The molecule has 2 aliphatic carbocycles. The quantitative estimate of drug-likeness (QED) is 0.653. The van der Waals surface area contributed by atoms with Crippen LogP contribution in [0, 0.1) is 5.92 Å². The van der Waals surface area contributed by atoms with Crippen LogP contribution in [0.5, 0.6) is 5.75 Å². The van der Waals surface area contributed by atoms with Gasteiger partial charge in [-0.25, -0.2) is 13.1 Å². The number of piperazine rings is 1. The first-order valence-electron chi connectivity index (χ1n) is 10.9. The largest absolute Gasteiger partial charge is 0.495 e. The van der Waals surface area contributed by atoms with E-state index in [0.717, 1.165) is 44.7 Å². The molecule has 162 valence electrons. The Morgan fingerprint density at radius 2 is 1.76 bits per heavy atom. The molecule has 0 atom stereocenters. The van der Waals surface area contributed by atoms with Crippen molar-refractivity contribution in [2.45, 2.75) is 55.5 Å². The SMILES string of the molecule is COc1cc(S(=O)(=O)N[C@H]2CC[C@H](N3CCN(CC4CC4)CC3)CC2)ccc1N. The van der Waals surface area contributed by atoms with E-state index in [1.54, 1.807) is 6.07 Å². The molecule has 8 heteroatoms. The minimum atomic E-state index is -3.57. The lowest BCUT2D eigenvalue weighted by atomic mass is 9.90. The van der Waals surface area contributed by atoms with Crippen molar-refractivity contribution in [2.75, 3.05) is 45.6 Å². The summed E-state index contributed by atoms with van der Waals surface area (Å²) in [6.07, 6.45) is 6.73. The van der Waals surface area contributed by atoms with Gasteiger partial charge >= 0.3 is 0 Å². The Bertz CT molecular complexity index is 796. The van der Waals surface area contributed by atoms with Gasteiger partial charge in [-0.15, -0.1) is 0 Å². The molecule has 7 nitrogen and oxygen atoms in total. The first-order valence-corrected chi connectivity index (χ1v) is 12.3. The summed E-state index contributed by atoms with van der Waals surface area (Å²) < 4.78 is 33.6. The summed E-state index contributed by atoms with van der Waals surface area (Å²) in [7, 11) is -2.08. The van der Waals surface area contributed by atoms with Gasteiger partial charge in [-0.2, -0.15) is 0 Å². The topological polar surface area (TPSA) is 87.9 Å². The van der Waals surface area contributed by atoms with E-state index in [-0.39, 0.29) is 10.9 Å². The molecule has 3 aliphatic rings. The fraction of sp³-hybridized carbons (Fsp3) is 0.714. The maximum atomic E-state index is 12.8. The molecule has 1 saturated heterocycles. The number of hydrogen-bond acceptors (Lipinski definition) is 6. The van der Waals surface area contributed by atoms with E-state index in [1.165, 1.54) is 51.7 Å². The van der Waals surface area contributed by atoms with Gasteiger partial charge in [0, 0.05) is 50.9 Å². The fourth-order valence-corrected chi connectivity index (χ4v) is 6.00. The Kier molecular flexibility index (Phi) is 6.34. The van der Waals surface area contributed by atoms with Crippen LogP contribution in [0.15, 0.2) is 23.1 Å². The van der Waals surface area contributed by atoms with Gasteiger partial charge < -0.3 is 15.4 Å². The second-order valence-electron chi connectivity index (χ2n) is 8.81. The monoisotopic (exact) mass is 422 g/mol. The first kappa shape index (κ1) is 20.9. The summed E-state index contributed by atoms with van der Waals surface area (Å²) in [5, 5.41) is 0. The highest BCUT2D eigenvalue weighted by molar-refractivity contribution is 7.89. The third-order valence-electron chi connectivity index (χ3n) is 6.67. The summed E-state index contributed by atoms with van der Waals surface area (Å²) >= 11 is 0. The predicted molar refractivity (Wildman–Crippen MR) is 115 cm³/mol. The molecule has 0 aromatic heterocycles. The molecule has 1 heterocycles. The molecule has 0 amide bonds. The molecule has 0 spiro atoms. The summed E-state index contributed by atoms with van der Waals surface area (Å²) in [5.41, 5.74) is 6.24. The third-order valence-corrected chi connectivity index (χ3v) is 8.19.